The quantitative estimate of drug-likeness (QED) is 0.830. The van der Waals surface area contributed by atoms with Crippen molar-refractivity contribution >= 4 is 39.8 Å². The lowest BCUT2D eigenvalue weighted by molar-refractivity contribution is 0.102. The van der Waals surface area contributed by atoms with Gasteiger partial charge < -0.3 is 5.32 Å². The molecule has 0 saturated carbocycles. The van der Waals surface area contributed by atoms with E-state index in [0.29, 0.717) is 16.5 Å². The zero-order valence-corrected chi connectivity index (χ0v) is 12.7. The predicted molar refractivity (Wildman–Crippen MR) is 80.6 cm³/mol. The van der Waals surface area contributed by atoms with E-state index in [-0.39, 0.29) is 11.1 Å². The van der Waals surface area contributed by atoms with Gasteiger partial charge in [0.15, 0.2) is 0 Å². The maximum absolute atomic E-state index is 12.1. The Hall–Kier alpha value is -1.73. The van der Waals surface area contributed by atoms with Gasteiger partial charge in [-0.25, -0.2) is 4.98 Å². The first-order valence-corrected chi connectivity index (χ1v) is 7.31. The van der Waals surface area contributed by atoms with Crippen molar-refractivity contribution < 1.29 is 4.79 Å². The van der Waals surface area contributed by atoms with Gasteiger partial charge in [-0.3, -0.25) is 10.1 Å². The third-order valence-electron chi connectivity index (χ3n) is 2.36. The number of carbonyl (C=O) groups is 1. The van der Waals surface area contributed by atoms with Crippen LogP contribution < -0.4 is 10.6 Å². The molecule has 2 N–H and O–H groups in total. The van der Waals surface area contributed by atoms with E-state index in [0.717, 1.165) is 18.0 Å². The fourth-order valence-corrected chi connectivity index (χ4v) is 2.28. The van der Waals surface area contributed by atoms with Gasteiger partial charge in [0.25, 0.3) is 5.91 Å². The SMILES string of the molecule is CCCNc1cc(C(=O)Nc2nnc(C)s2)cc(Cl)n1. The summed E-state index contributed by atoms with van der Waals surface area (Å²) in [4.78, 5) is 16.2. The molecular weight excluding hydrogens is 298 g/mol. The lowest BCUT2D eigenvalue weighted by Gasteiger charge is -2.07. The van der Waals surface area contributed by atoms with Gasteiger partial charge in [0.2, 0.25) is 5.13 Å². The molecule has 2 heterocycles. The van der Waals surface area contributed by atoms with Crippen LogP contribution in [0.15, 0.2) is 12.1 Å². The van der Waals surface area contributed by atoms with Gasteiger partial charge in [-0.1, -0.05) is 29.9 Å². The number of aryl methyl sites for hydroxylation is 1. The Morgan fingerprint density at radius 2 is 2.20 bits per heavy atom. The van der Waals surface area contributed by atoms with Crippen LogP contribution in [0.3, 0.4) is 0 Å². The Kier molecular flexibility index (Phi) is 4.86. The Bertz CT molecular complexity index is 616. The van der Waals surface area contributed by atoms with E-state index in [2.05, 4.69) is 25.8 Å². The van der Waals surface area contributed by atoms with Crippen molar-refractivity contribution in [3.63, 3.8) is 0 Å². The van der Waals surface area contributed by atoms with Gasteiger partial charge >= 0.3 is 0 Å². The van der Waals surface area contributed by atoms with E-state index < -0.39 is 0 Å². The fraction of sp³-hybridized carbons (Fsp3) is 0.333. The molecule has 1 amide bonds. The molecule has 0 aliphatic heterocycles. The third-order valence-corrected chi connectivity index (χ3v) is 3.31. The number of aromatic nitrogens is 3. The minimum absolute atomic E-state index is 0.268. The number of nitrogens with one attached hydrogen (secondary N) is 2. The topological polar surface area (TPSA) is 79.8 Å². The van der Waals surface area contributed by atoms with Crippen LogP contribution in [0.25, 0.3) is 0 Å². The van der Waals surface area contributed by atoms with Crippen molar-refractivity contribution in [2.75, 3.05) is 17.2 Å². The first-order chi connectivity index (χ1) is 9.58. The molecular formula is C12H14ClN5OS. The fourth-order valence-electron chi connectivity index (χ4n) is 1.49. The molecule has 0 aliphatic rings. The molecule has 0 fully saturated rings. The summed E-state index contributed by atoms with van der Waals surface area (Å²) in [5.41, 5.74) is 0.427. The molecule has 0 atom stereocenters. The molecule has 6 nitrogen and oxygen atoms in total. The van der Waals surface area contributed by atoms with Crippen molar-refractivity contribution in [2.24, 2.45) is 0 Å². The van der Waals surface area contributed by atoms with Crippen LogP contribution in [0.4, 0.5) is 10.9 Å². The zero-order valence-electron chi connectivity index (χ0n) is 11.1. The second-order valence-electron chi connectivity index (χ2n) is 4.07. The van der Waals surface area contributed by atoms with Crippen molar-refractivity contribution in [1.82, 2.24) is 15.2 Å². The Labute approximate surface area is 125 Å². The first kappa shape index (κ1) is 14.7. The minimum Gasteiger partial charge on any atom is -0.370 e. The van der Waals surface area contributed by atoms with E-state index in [1.807, 2.05) is 13.8 Å². The third kappa shape index (κ3) is 3.88. The normalized spacial score (nSPS) is 10.3. The molecule has 0 unspecified atom stereocenters. The highest BCUT2D eigenvalue weighted by Gasteiger charge is 2.11. The van der Waals surface area contributed by atoms with Crippen LogP contribution in [0.5, 0.6) is 0 Å². The summed E-state index contributed by atoms with van der Waals surface area (Å²) in [5, 5.41) is 15.0. The van der Waals surface area contributed by atoms with Gasteiger partial charge in [-0.2, -0.15) is 0 Å². The largest absolute Gasteiger partial charge is 0.370 e. The molecule has 8 heteroatoms. The van der Waals surface area contributed by atoms with Crippen LogP contribution in [-0.2, 0) is 0 Å². The molecule has 20 heavy (non-hydrogen) atoms. The van der Waals surface area contributed by atoms with Gasteiger partial charge in [0.05, 0.1) is 0 Å². The lowest BCUT2D eigenvalue weighted by Crippen LogP contribution is -2.13. The summed E-state index contributed by atoms with van der Waals surface area (Å²) >= 11 is 7.24. The van der Waals surface area contributed by atoms with E-state index in [4.69, 9.17) is 11.6 Å². The summed E-state index contributed by atoms with van der Waals surface area (Å²) in [5.74, 6) is 0.294. The number of hydrogen-bond donors (Lipinski definition) is 2. The minimum atomic E-state index is -0.287. The number of halogens is 1. The number of pyridine rings is 1. The molecule has 2 aromatic rings. The summed E-state index contributed by atoms with van der Waals surface area (Å²) in [6, 6.07) is 3.17. The number of carbonyl (C=O) groups excluding carboxylic acids is 1. The monoisotopic (exact) mass is 311 g/mol. The summed E-state index contributed by atoms with van der Waals surface area (Å²) in [7, 11) is 0. The van der Waals surface area contributed by atoms with E-state index >= 15 is 0 Å². The highest BCUT2D eigenvalue weighted by atomic mass is 35.5. The number of amides is 1. The number of anilines is 2. The molecule has 0 saturated heterocycles. The van der Waals surface area contributed by atoms with Crippen LogP contribution in [-0.4, -0.2) is 27.6 Å². The lowest BCUT2D eigenvalue weighted by atomic mass is 10.2. The first-order valence-electron chi connectivity index (χ1n) is 6.11. The number of rotatable bonds is 5. The van der Waals surface area contributed by atoms with Crippen LogP contribution in [0.2, 0.25) is 5.15 Å². The maximum Gasteiger partial charge on any atom is 0.257 e. The van der Waals surface area contributed by atoms with E-state index in [1.165, 1.54) is 17.4 Å². The van der Waals surface area contributed by atoms with Crippen molar-refractivity contribution in [3.05, 3.63) is 27.9 Å². The van der Waals surface area contributed by atoms with Crippen molar-refractivity contribution in [2.45, 2.75) is 20.3 Å². The second kappa shape index (κ2) is 6.62. The van der Waals surface area contributed by atoms with Crippen LogP contribution in [0, 0.1) is 6.92 Å². The smallest absolute Gasteiger partial charge is 0.257 e. The maximum atomic E-state index is 12.1. The van der Waals surface area contributed by atoms with Crippen molar-refractivity contribution in [3.8, 4) is 0 Å². The summed E-state index contributed by atoms with van der Waals surface area (Å²) in [6.45, 7) is 4.64. The average molecular weight is 312 g/mol. The Morgan fingerprint density at radius 1 is 1.40 bits per heavy atom. The Morgan fingerprint density at radius 3 is 2.85 bits per heavy atom. The molecule has 0 aromatic carbocycles. The van der Waals surface area contributed by atoms with Gasteiger partial charge in [0, 0.05) is 12.1 Å². The molecule has 0 aliphatic carbocycles. The van der Waals surface area contributed by atoms with E-state index in [9.17, 15) is 4.79 Å². The van der Waals surface area contributed by atoms with Gasteiger partial charge in [0.1, 0.15) is 16.0 Å². The number of nitrogens with zero attached hydrogens (tertiary/aromatic N) is 3. The van der Waals surface area contributed by atoms with Crippen LogP contribution >= 0.6 is 22.9 Å². The standard InChI is InChI=1S/C12H14ClN5OS/c1-3-4-14-10-6-8(5-9(13)15-10)11(19)16-12-18-17-7(2)20-12/h5-6H,3-4H2,1-2H3,(H,14,15)(H,16,18,19). The van der Waals surface area contributed by atoms with Crippen molar-refractivity contribution in [1.29, 1.82) is 0 Å². The molecule has 0 radical (unpaired) electrons. The molecule has 0 bridgehead atoms. The van der Waals surface area contributed by atoms with Gasteiger partial charge in [-0.15, -0.1) is 10.2 Å². The molecule has 106 valence electrons. The van der Waals surface area contributed by atoms with Crippen LogP contribution in [0.1, 0.15) is 28.7 Å². The van der Waals surface area contributed by atoms with E-state index in [1.54, 1.807) is 6.07 Å². The summed E-state index contributed by atoms with van der Waals surface area (Å²) in [6.07, 6.45) is 0.958. The average Bonchev–Trinajstić information content (AvgIpc) is 2.81. The molecule has 2 aromatic heterocycles. The number of hydrogen-bond acceptors (Lipinski definition) is 6. The Balaban J connectivity index is 2.14. The molecule has 2 rings (SSSR count). The predicted octanol–water partition coefficient (Wildman–Crippen LogP) is 2.97. The zero-order chi connectivity index (χ0) is 14.5. The molecule has 0 spiro atoms. The highest BCUT2D eigenvalue weighted by molar-refractivity contribution is 7.15. The van der Waals surface area contributed by atoms with Gasteiger partial charge in [-0.05, 0) is 25.5 Å². The highest BCUT2D eigenvalue weighted by Crippen LogP contribution is 2.18. The summed E-state index contributed by atoms with van der Waals surface area (Å²) < 4.78 is 0. The second-order valence-corrected chi connectivity index (χ2v) is 5.64.